The van der Waals surface area contributed by atoms with Crippen LogP contribution >= 0.6 is 0 Å². The van der Waals surface area contributed by atoms with Gasteiger partial charge in [-0.1, -0.05) is 0 Å². The minimum Gasteiger partial charge on any atom is -0.375 e. The zero-order valence-electron chi connectivity index (χ0n) is 8.82. The third-order valence-corrected chi connectivity index (χ3v) is 3.48. The summed E-state index contributed by atoms with van der Waals surface area (Å²) in [7, 11) is 0. The molecule has 0 saturated carbocycles. The summed E-state index contributed by atoms with van der Waals surface area (Å²) in [5, 5.41) is 9.17. The molecular weight excluding hydrogens is 178 g/mol. The molecule has 0 radical (unpaired) electrons. The van der Waals surface area contributed by atoms with Crippen molar-refractivity contribution in [3.8, 4) is 6.07 Å². The Labute approximate surface area is 85.0 Å². The molecule has 0 aromatic heterocycles. The average Bonchev–Trinajstić information content (AvgIpc) is 2.79. The predicted octanol–water partition coefficient (Wildman–Crippen LogP) is 1.87. The maximum Gasteiger partial charge on any atom is 0.156 e. The number of nitrogens with zero attached hydrogens (tertiary/aromatic N) is 1. The van der Waals surface area contributed by atoms with E-state index in [2.05, 4.69) is 6.07 Å². The molecule has 2 aliphatic rings. The molecule has 2 bridgehead atoms. The molecule has 4 unspecified atom stereocenters. The van der Waals surface area contributed by atoms with Gasteiger partial charge in [0.15, 0.2) is 5.60 Å². The first-order valence-electron chi connectivity index (χ1n) is 5.40. The van der Waals surface area contributed by atoms with Crippen LogP contribution < -0.4 is 0 Å². The molecule has 2 saturated heterocycles. The number of hydrogen-bond donors (Lipinski definition) is 0. The van der Waals surface area contributed by atoms with Crippen molar-refractivity contribution in [2.45, 2.75) is 50.9 Å². The fraction of sp³-hybridized carbons (Fsp3) is 0.909. The lowest BCUT2D eigenvalue weighted by atomic mass is 9.78. The zero-order chi connectivity index (χ0) is 10.2. The standard InChI is InChI=1S/C11H17NO2/c1-3-13-11(2,7-12)9-6-8-4-5-10(9)14-8/h8-10H,3-6H2,1-2H3. The summed E-state index contributed by atoms with van der Waals surface area (Å²) in [5.41, 5.74) is -0.644. The van der Waals surface area contributed by atoms with Crippen LogP contribution in [0.25, 0.3) is 0 Å². The summed E-state index contributed by atoms with van der Waals surface area (Å²) in [5.74, 6) is 0.270. The normalized spacial score (nSPS) is 39.4. The lowest BCUT2D eigenvalue weighted by Crippen LogP contribution is -2.41. The van der Waals surface area contributed by atoms with Crippen LogP contribution in [0.1, 0.15) is 33.1 Å². The van der Waals surface area contributed by atoms with Gasteiger partial charge in [-0.05, 0) is 33.1 Å². The quantitative estimate of drug-likeness (QED) is 0.690. The summed E-state index contributed by atoms with van der Waals surface area (Å²) < 4.78 is 11.3. The van der Waals surface area contributed by atoms with Crippen molar-refractivity contribution in [2.75, 3.05) is 6.61 Å². The summed E-state index contributed by atoms with van der Waals surface area (Å²) in [6.07, 6.45) is 3.90. The largest absolute Gasteiger partial charge is 0.375 e. The van der Waals surface area contributed by atoms with E-state index in [0.717, 1.165) is 19.3 Å². The first-order chi connectivity index (χ1) is 6.69. The highest BCUT2D eigenvalue weighted by molar-refractivity contribution is 5.09. The Morgan fingerprint density at radius 2 is 2.36 bits per heavy atom. The number of rotatable bonds is 3. The van der Waals surface area contributed by atoms with E-state index < -0.39 is 5.60 Å². The van der Waals surface area contributed by atoms with Crippen molar-refractivity contribution in [1.29, 1.82) is 5.26 Å². The van der Waals surface area contributed by atoms with Gasteiger partial charge in [-0.3, -0.25) is 0 Å². The summed E-state index contributed by atoms with van der Waals surface area (Å²) in [6.45, 7) is 4.42. The van der Waals surface area contributed by atoms with E-state index in [1.54, 1.807) is 0 Å². The maximum atomic E-state index is 9.17. The highest BCUT2D eigenvalue weighted by Crippen LogP contribution is 2.44. The van der Waals surface area contributed by atoms with Gasteiger partial charge in [0.05, 0.1) is 18.3 Å². The van der Waals surface area contributed by atoms with Crippen LogP contribution in [0.4, 0.5) is 0 Å². The van der Waals surface area contributed by atoms with Crippen molar-refractivity contribution in [1.82, 2.24) is 0 Å². The first-order valence-corrected chi connectivity index (χ1v) is 5.40. The molecule has 3 heteroatoms. The minimum atomic E-state index is -0.644. The fourth-order valence-corrected chi connectivity index (χ4v) is 2.74. The summed E-state index contributed by atoms with van der Waals surface area (Å²) in [6, 6.07) is 2.30. The monoisotopic (exact) mass is 195 g/mol. The van der Waals surface area contributed by atoms with E-state index in [0.29, 0.717) is 12.7 Å². The molecule has 0 N–H and O–H groups in total. The van der Waals surface area contributed by atoms with Crippen LogP contribution in [0.5, 0.6) is 0 Å². The molecule has 78 valence electrons. The Morgan fingerprint density at radius 3 is 2.79 bits per heavy atom. The van der Waals surface area contributed by atoms with Gasteiger partial charge in [-0.25, -0.2) is 0 Å². The highest BCUT2D eigenvalue weighted by atomic mass is 16.5. The van der Waals surface area contributed by atoms with Crippen molar-refractivity contribution < 1.29 is 9.47 Å². The second-order valence-electron chi connectivity index (χ2n) is 4.37. The number of hydrogen-bond acceptors (Lipinski definition) is 3. The van der Waals surface area contributed by atoms with Gasteiger partial charge in [-0.2, -0.15) is 5.26 Å². The van der Waals surface area contributed by atoms with Gasteiger partial charge in [0.1, 0.15) is 0 Å². The molecule has 4 atom stereocenters. The molecule has 0 spiro atoms. The van der Waals surface area contributed by atoms with Gasteiger partial charge in [0, 0.05) is 12.5 Å². The van der Waals surface area contributed by atoms with Gasteiger partial charge in [0.25, 0.3) is 0 Å². The number of fused-ring (bicyclic) bond motifs is 2. The van der Waals surface area contributed by atoms with Crippen LogP contribution in [-0.4, -0.2) is 24.4 Å². The van der Waals surface area contributed by atoms with E-state index in [4.69, 9.17) is 9.47 Å². The van der Waals surface area contributed by atoms with Crippen LogP contribution in [-0.2, 0) is 9.47 Å². The number of ether oxygens (including phenoxy) is 2. The van der Waals surface area contributed by atoms with Crippen molar-refractivity contribution in [3.05, 3.63) is 0 Å². The third kappa shape index (κ3) is 1.43. The molecule has 2 fully saturated rings. The van der Waals surface area contributed by atoms with Gasteiger partial charge in [0.2, 0.25) is 0 Å². The highest BCUT2D eigenvalue weighted by Gasteiger charge is 2.50. The van der Waals surface area contributed by atoms with Crippen LogP contribution in [0.3, 0.4) is 0 Å². The van der Waals surface area contributed by atoms with Crippen molar-refractivity contribution in [3.63, 3.8) is 0 Å². The van der Waals surface area contributed by atoms with Crippen LogP contribution in [0.2, 0.25) is 0 Å². The maximum absolute atomic E-state index is 9.17. The Hall–Kier alpha value is -0.590. The summed E-state index contributed by atoms with van der Waals surface area (Å²) >= 11 is 0. The predicted molar refractivity (Wildman–Crippen MR) is 51.6 cm³/mol. The van der Waals surface area contributed by atoms with E-state index in [9.17, 15) is 5.26 Å². The Balaban J connectivity index is 2.10. The smallest absolute Gasteiger partial charge is 0.156 e. The summed E-state index contributed by atoms with van der Waals surface area (Å²) in [4.78, 5) is 0. The van der Waals surface area contributed by atoms with Crippen LogP contribution in [0, 0.1) is 17.2 Å². The van der Waals surface area contributed by atoms with Gasteiger partial charge in [-0.15, -0.1) is 0 Å². The minimum absolute atomic E-state index is 0.260. The third-order valence-electron chi connectivity index (χ3n) is 3.48. The lowest BCUT2D eigenvalue weighted by Gasteiger charge is -2.32. The Bertz CT molecular complexity index is 261. The van der Waals surface area contributed by atoms with E-state index in [1.165, 1.54) is 0 Å². The topological polar surface area (TPSA) is 42.2 Å². The molecular formula is C11H17NO2. The SMILES string of the molecule is CCOC(C)(C#N)C1CC2CCC1O2. The van der Waals surface area contributed by atoms with Crippen molar-refractivity contribution >= 4 is 0 Å². The fourth-order valence-electron chi connectivity index (χ4n) is 2.74. The van der Waals surface area contributed by atoms with Gasteiger partial charge >= 0.3 is 0 Å². The van der Waals surface area contributed by atoms with E-state index in [1.807, 2.05) is 13.8 Å². The molecule has 0 aromatic rings. The lowest BCUT2D eigenvalue weighted by molar-refractivity contribution is -0.0464. The van der Waals surface area contributed by atoms with E-state index in [-0.39, 0.29) is 12.0 Å². The zero-order valence-corrected chi connectivity index (χ0v) is 8.82. The molecule has 3 nitrogen and oxygen atoms in total. The number of nitriles is 1. The molecule has 14 heavy (non-hydrogen) atoms. The molecule has 0 amide bonds. The molecule has 0 aromatic carbocycles. The molecule has 2 rings (SSSR count). The van der Waals surface area contributed by atoms with Crippen molar-refractivity contribution in [2.24, 2.45) is 5.92 Å². The molecule has 0 aliphatic carbocycles. The second kappa shape index (κ2) is 3.52. The molecule has 2 heterocycles. The molecule has 2 aliphatic heterocycles. The first kappa shape index (κ1) is 9.95. The average molecular weight is 195 g/mol. The Kier molecular flexibility index (Phi) is 2.50. The second-order valence-corrected chi connectivity index (χ2v) is 4.37. The van der Waals surface area contributed by atoms with Crippen LogP contribution in [0.15, 0.2) is 0 Å². The van der Waals surface area contributed by atoms with E-state index >= 15 is 0 Å². The van der Waals surface area contributed by atoms with Gasteiger partial charge < -0.3 is 9.47 Å². The Morgan fingerprint density at radius 1 is 1.57 bits per heavy atom.